The predicted octanol–water partition coefficient (Wildman–Crippen LogP) is 3.51. The molecule has 0 saturated heterocycles. The van der Waals surface area contributed by atoms with Gasteiger partial charge in [-0.3, -0.25) is 0 Å². The average molecular weight is 317 g/mol. The molecule has 2 aromatic rings. The van der Waals surface area contributed by atoms with Crippen LogP contribution < -0.4 is 10.4 Å². The minimum Gasteiger partial charge on any atom is -0.143 e. The number of hydrogen-bond donors (Lipinski definition) is 1. The van der Waals surface area contributed by atoms with E-state index in [2.05, 4.69) is 71.0 Å². The molecular weight excluding hydrogens is 304 g/mol. The summed E-state index contributed by atoms with van der Waals surface area (Å²) in [6.45, 7) is 0. The van der Waals surface area contributed by atoms with E-state index >= 15 is 0 Å². The summed E-state index contributed by atoms with van der Waals surface area (Å²) in [6, 6.07) is 14.8. The van der Waals surface area contributed by atoms with E-state index in [1.54, 1.807) is 0 Å². The highest BCUT2D eigenvalue weighted by Crippen LogP contribution is 2.28. The van der Waals surface area contributed by atoms with Gasteiger partial charge >= 0.3 is 0 Å². The molecule has 90 valence electrons. The molecule has 1 aliphatic carbocycles. The number of halogens is 1. The van der Waals surface area contributed by atoms with Crippen LogP contribution in [0.5, 0.6) is 0 Å². The molecule has 1 aliphatic rings. The van der Waals surface area contributed by atoms with Gasteiger partial charge in [-0.15, -0.1) is 12.6 Å². The molecule has 0 atom stereocenters. The largest absolute Gasteiger partial charge is 0.143 e. The van der Waals surface area contributed by atoms with Crippen LogP contribution in [0.25, 0.3) is 11.6 Å². The van der Waals surface area contributed by atoms with Gasteiger partial charge in [-0.05, 0) is 52.6 Å². The van der Waals surface area contributed by atoms with Crippen molar-refractivity contribution in [1.29, 1.82) is 0 Å². The summed E-state index contributed by atoms with van der Waals surface area (Å²) in [5.41, 5.74) is 2.68. The van der Waals surface area contributed by atoms with Gasteiger partial charge in [-0.1, -0.05) is 46.3 Å². The molecule has 0 aliphatic heterocycles. The Bertz CT molecular complexity index is 716. The Morgan fingerprint density at radius 3 is 2.78 bits per heavy atom. The monoisotopic (exact) mass is 316 g/mol. The number of thiol groups is 1. The van der Waals surface area contributed by atoms with Gasteiger partial charge < -0.3 is 0 Å². The van der Waals surface area contributed by atoms with E-state index in [0.717, 1.165) is 22.2 Å². The molecule has 0 aromatic heterocycles. The van der Waals surface area contributed by atoms with Crippen LogP contribution in [0.1, 0.15) is 18.4 Å². The number of rotatable bonds is 1. The van der Waals surface area contributed by atoms with Crippen LogP contribution in [0.15, 0.2) is 51.8 Å². The van der Waals surface area contributed by atoms with Crippen molar-refractivity contribution in [3.05, 3.63) is 62.9 Å². The molecule has 18 heavy (non-hydrogen) atoms. The maximum absolute atomic E-state index is 4.45. The van der Waals surface area contributed by atoms with Gasteiger partial charge in [0.25, 0.3) is 0 Å². The molecule has 0 N–H and O–H groups in total. The van der Waals surface area contributed by atoms with Crippen LogP contribution in [0.4, 0.5) is 0 Å². The van der Waals surface area contributed by atoms with E-state index in [0.29, 0.717) is 0 Å². The van der Waals surface area contributed by atoms with Gasteiger partial charge in [-0.2, -0.15) is 0 Å². The van der Waals surface area contributed by atoms with Crippen LogP contribution in [-0.2, 0) is 0 Å². The third-order valence-corrected chi connectivity index (χ3v) is 4.29. The second-order valence-electron chi connectivity index (χ2n) is 4.47. The first-order valence-corrected chi connectivity index (χ1v) is 7.27. The van der Waals surface area contributed by atoms with Crippen molar-refractivity contribution < 1.29 is 0 Å². The van der Waals surface area contributed by atoms with Crippen LogP contribution >= 0.6 is 28.6 Å². The zero-order valence-corrected chi connectivity index (χ0v) is 12.3. The second kappa shape index (κ2) is 4.94. The quantitative estimate of drug-likeness (QED) is 0.765. The van der Waals surface area contributed by atoms with E-state index in [1.165, 1.54) is 21.6 Å². The highest BCUT2D eigenvalue weighted by molar-refractivity contribution is 9.10. The van der Waals surface area contributed by atoms with Gasteiger partial charge in [0.05, 0.1) is 0 Å². The third kappa shape index (κ3) is 2.15. The topological polar surface area (TPSA) is 0 Å². The van der Waals surface area contributed by atoms with E-state index in [-0.39, 0.29) is 0 Å². The first kappa shape index (κ1) is 12.1. The van der Waals surface area contributed by atoms with Crippen molar-refractivity contribution in [1.82, 2.24) is 0 Å². The molecule has 0 nitrogen and oxygen atoms in total. The zero-order valence-electron chi connectivity index (χ0n) is 9.86. The Balaban J connectivity index is 2.36. The van der Waals surface area contributed by atoms with E-state index in [4.69, 9.17) is 0 Å². The van der Waals surface area contributed by atoms with Crippen molar-refractivity contribution in [3.63, 3.8) is 0 Å². The van der Waals surface area contributed by atoms with Crippen molar-refractivity contribution in [2.45, 2.75) is 17.7 Å². The fraction of sp³-hybridized carbons (Fsp3) is 0.125. The first-order chi connectivity index (χ1) is 8.75. The lowest BCUT2D eigenvalue weighted by Crippen LogP contribution is -2.29. The van der Waals surface area contributed by atoms with Gasteiger partial charge in [0, 0.05) is 9.37 Å². The molecular formula is C16H13BrS. The smallest absolute Gasteiger partial charge is 0.0251 e. The third-order valence-electron chi connectivity index (χ3n) is 3.32. The Morgan fingerprint density at radius 1 is 1.06 bits per heavy atom. The number of hydrogen-bond acceptors (Lipinski definition) is 1. The number of fused-ring (bicyclic) bond motifs is 1. The zero-order chi connectivity index (χ0) is 12.5. The lowest BCUT2D eigenvalue weighted by Gasteiger charge is -2.13. The Morgan fingerprint density at radius 2 is 1.89 bits per heavy atom. The molecule has 0 radical (unpaired) electrons. The van der Waals surface area contributed by atoms with E-state index < -0.39 is 0 Å². The normalized spacial score (nSPS) is 14.0. The van der Waals surface area contributed by atoms with Crippen molar-refractivity contribution in [2.75, 3.05) is 0 Å². The summed E-state index contributed by atoms with van der Waals surface area (Å²) in [6.07, 6.45) is 4.51. The molecule has 2 aromatic carbocycles. The first-order valence-electron chi connectivity index (χ1n) is 6.03. The van der Waals surface area contributed by atoms with Crippen LogP contribution in [-0.4, -0.2) is 0 Å². The fourth-order valence-electron chi connectivity index (χ4n) is 2.48. The van der Waals surface area contributed by atoms with Crippen molar-refractivity contribution in [2.24, 2.45) is 0 Å². The van der Waals surface area contributed by atoms with Gasteiger partial charge in [-0.25, -0.2) is 0 Å². The van der Waals surface area contributed by atoms with E-state index in [1.807, 2.05) is 6.07 Å². The minimum atomic E-state index is 1.01. The highest BCUT2D eigenvalue weighted by Gasteiger charge is 2.10. The van der Waals surface area contributed by atoms with Crippen LogP contribution in [0, 0.1) is 0 Å². The molecule has 2 heteroatoms. The average Bonchev–Trinajstić information content (AvgIpc) is 2.41. The molecule has 0 fully saturated rings. The Kier molecular flexibility index (Phi) is 3.31. The predicted molar refractivity (Wildman–Crippen MR) is 83.3 cm³/mol. The molecule has 0 unspecified atom stereocenters. The van der Waals surface area contributed by atoms with Gasteiger partial charge in [0.15, 0.2) is 0 Å². The summed E-state index contributed by atoms with van der Waals surface area (Å²) in [4.78, 5) is 1.01. The maximum atomic E-state index is 4.45. The summed E-state index contributed by atoms with van der Waals surface area (Å²) < 4.78 is 1.15. The summed E-state index contributed by atoms with van der Waals surface area (Å²) in [5.74, 6) is 0. The fourth-order valence-corrected chi connectivity index (χ4v) is 3.17. The maximum Gasteiger partial charge on any atom is 0.0251 e. The molecule has 0 amide bonds. The van der Waals surface area contributed by atoms with Crippen LogP contribution in [0.2, 0.25) is 0 Å². The number of benzene rings is 2. The van der Waals surface area contributed by atoms with E-state index in [9.17, 15) is 0 Å². The summed E-state index contributed by atoms with van der Waals surface area (Å²) in [5, 5.41) is 2.69. The van der Waals surface area contributed by atoms with Crippen molar-refractivity contribution in [3.8, 4) is 0 Å². The van der Waals surface area contributed by atoms with Crippen molar-refractivity contribution >= 4 is 40.2 Å². The lowest BCUT2D eigenvalue weighted by atomic mass is 9.94. The SMILES string of the molecule is Sc1ccc(Br)c(C2=c3ccccc3=CCC2)c1. The highest BCUT2D eigenvalue weighted by atomic mass is 79.9. The summed E-state index contributed by atoms with van der Waals surface area (Å²) >= 11 is 8.10. The lowest BCUT2D eigenvalue weighted by molar-refractivity contribution is 1.07. The summed E-state index contributed by atoms with van der Waals surface area (Å²) in [7, 11) is 0. The van der Waals surface area contributed by atoms with Gasteiger partial charge in [0.1, 0.15) is 0 Å². The molecule has 3 rings (SSSR count). The Labute approximate surface area is 121 Å². The Hall–Kier alpha value is -0.990. The molecule has 0 heterocycles. The molecule has 0 spiro atoms. The van der Waals surface area contributed by atoms with Gasteiger partial charge in [0.2, 0.25) is 0 Å². The standard InChI is InChI=1S/C16H13BrS/c17-16-9-8-12(18)10-15(16)14-7-3-5-11-4-1-2-6-13(11)14/h1-2,4-6,8-10,18H,3,7H2. The molecule has 0 bridgehead atoms. The van der Waals surface area contributed by atoms with Crippen LogP contribution in [0.3, 0.4) is 0 Å². The second-order valence-corrected chi connectivity index (χ2v) is 5.84. The minimum absolute atomic E-state index is 1.01. The molecule has 0 saturated carbocycles.